The second kappa shape index (κ2) is 8.25. The van der Waals surface area contributed by atoms with Crippen LogP contribution in [0.4, 0.5) is 0 Å². The van der Waals surface area contributed by atoms with E-state index in [2.05, 4.69) is 71.6 Å². The summed E-state index contributed by atoms with van der Waals surface area (Å²) in [7, 11) is 0. The molecule has 2 heterocycles. The van der Waals surface area contributed by atoms with Crippen molar-refractivity contribution in [2.45, 2.75) is 24.9 Å². The molecular weight excluding hydrogens is 384 g/mol. The molecule has 0 radical (unpaired) electrons. The van der Waals surface area contributed by atoms with Crippen molar-refractivity contribution in [2.24, 2.45) is 11.5 Å². The Kier molecular flexibility index (Phi) is 5.73. The van der Waals surface area contributed by atoms with Gasteiger partial charge in [0.05, 0.1) is 11.4 Å². The maximum Gasteiger partial charge on any atom is 0.0666 e. The largest absolute Gasteiger partial charge is 0.353 e. The summed E-state index contributed by atoms with van der Waals surface area (Å²) in [6.07, 6.45) is 1.52. The van der Waals surface area contributed by atoms with Crippen LogP contribution in [0.1, 0.15) is 11.1 Å². The van der Waals surface area contributed by atoms with Gasteiger partial charge in [-0.2, -0.15) is 25.3 Å². The van der Waals surface area contributed by atoms with E-state index in [1.54, 1.807) is 0 Å². The van der Waals surface area contributed by atoms with E-state index < -0.39 is 0 Å². The Balaban J connectivity index is 1.95. The first-order valence-electron chi connectivity index (χ1n) is 9.54. The van der Waals surface area contributed by atoms with E-state index in [0.717, 1.165) is 35.3 Å². The number of rotatable bonds is 7. The summed E-state index contributed by atoms with van der Waals surface area (Å²) in [6.45, 7) is 0. The molecule has 0 bridgehead atoms. The number of aromatic amines is 2. The number of para-hydroxylation sites is 2. The highest BCUT2D eigenvalue weighted by molar-refractivity contribution is 7.80. The Morgan fingerprint density at radius 3 is 1.46 bits per heavy atom. The third kappa shape index (κ3) is 3.57. The molecule has 6 heteroatoms. The molecule has 4 aromatic rings. The van der Waals surface area contributed by atoms with Gasteiger partial charge >= 0.3 is 0 Å². The monoisotopic (exact) mass is 410 g/mol. The summed E-state index contributed by atoms with van der Waals surface area (Å²) in [4.78, 5) is 7.26. The molecule has 6 N–H and O–H groups in total. The number of fused-ring (bicyclic) bond motifs is 2. The van der Waals surface area contributed by atoms with Gasteiger partial charge in [-0.05, 0) is 36.1 Å². The molecule has 146 valence electrons. The van der Waals surface area contributed by atoms with Crippen LogP contribution in [-0.4, -0.2) is 33.6 Å². The predicted molar refractivity (Wildman–Crippen MR) is 127 cm³/mol. The second-order valence-corrected chi connectivity index (χ2v) is 8.07. The average Bonchev–Trinajstić information content (AvgIpc) is 3.26. The Morgan fingerprint density at radius 1 is 0.679 bits per heavy atom. The molecule has 0 aliphatic rings. The third-order valence-corrected chi connectivity index (χ3v) is 6.22. The fourth-order valence-corrected chi connectivity index (χ4v) is 4.16. The normalized spacial score (nSPS) is 14.0. The molecule has 2 aromatic heterocycles. The molecule has 0 aliphatic carbocycles. The van der Waals surface area contributed by atoms with Crippen LogP contribution < -0.4 is 11.5 Å². The zero-order valence-electron chi connectivity index (χ0n) is 15.7. The van der Waals surface area contributed by atoms with Gasteiger partial charge in [-0.1, -0.05) is 36.4 Å². The molecule has 0 spiro atoms. The smallest absolute Gasteiger partial charge is 0.0666 e. The van der Waals surface area contributed by atoms with E-state index in [4.69, 9.17) is 11.5 Å². The SMILES string of the molecule is N[C@@H](CS)Cc1c(-c2[nH]c3ccccc3c2C[C@@H](N)CS)[nH]c2ccccc12. The van der Waals surface area contributed by atoms with E-state index in [0.29, 0.717) is 11.5 Å². The molecule has 4 rings (SSSR count). The number of aromatic nitrogens is 2. The maximum absolute atomic E-state index is 6.29. The van der Waals surface area contributed by atoms with E-state index >= 15 is 0 Å². The lowest BCUT2D eigenvalue weighted by Gasteiger charge is -2.13. The van der Waals surface area contributed by atoms with Crippen molar-refractivity contribution < 1.29 is 0 Å². The van der Waals surface area contributed by atoms with E-state index in [1.807, 2.05) is 12.1 Å². The zero-order chi connectivity index (χ0) is 19.7. The fourth-order valence-electron chi connectivity index (χ4n) is 3.90. The first-order chi connectivity index (χ1) is 13.6. The van der Waals surface area contributed by atoms with Crippen molar-refractivity contribution in [2.75, 3.05) is 11.5 Å². The lowest BCUT2D eigenvalue weighted by Crippen LogP contribution is -2.25. The van der Waals surface area contributed by atoms with Gasteiger partial charge in [0.1, 0.15) is 0 Å². The van der Waals surface area contributed by atoms with Crippen LogP contribution in [0.3, 0.4) is 0 Å². The van der Waals surface area contributed by atoms with Crippen molar-refractivity contribution in [3.8, 4) is 11.4 Å². The summed E-state index contributed by atoms with van der Waals surface area (Å²) in [5.41, 5.74) is 19.4. The number of benzene rings is 2. The van der Waals surface area contributed by atoms with Crippen molar-refractivity contribution in [3.63, 3.8) is 0 Å². The van der Waals surface area contributed by atoms with Crippen LogP contribution in [0.25, 0.3) is 33.2 Å². The van der Waals surface area contributed by atoms with Crippen LogP contribution in [0, 0.1) is 0 Å². The molecule has 4 nitrogen and oxygen atoms in total. The highest BCUT2D eigenvalue weighted by Crippen LogP contribution is 2.36. The van der Waals surface area contributed by atoms with Gasteiger partial charge in [-0.3, -0.25) is 0 Å². The van der Waals surface area contributed by atoms with Crippen LogP contribution in [-0.2, 0) is 12.8 Å². The summed E-state index contributed by atoms with van der Waals surface area (Å²) in [5.74, 6) is 1.28. The van der Waals surface area contributed by atoms with Gasteiger partial charge in [0, 0.05) is 45.4 Å². The lowest BCUT2D eigenvalue weighted by atomic mass is 9.97. The predicted octanol–water partition coefficient (Wildman–Crippen LogP) is 3.92. The summed E-state index contributed by atoms with van der Waals surface area (Å²) in [6, 6.07) is 16.7. The lowest BCUT2D eigenvalue weighted by molar-refractivity contribution is 0.750. The molecule has 0 saturated carbocycles. The van der Waals surface area contributed by atoms with Crippen LogP contribution >= 0.6 is 25.3 Å². The van der Waals surface area contributed by atoms with Crippen molar-refractivity contribution in [1.82, 2.24) is 9.97 Å². The molecule has 0 fully saturated rings. The van der Waals surface area contributed by atoms with Gasteiger partial charge in [0.15, 0.2) is 0 Å². The number of thiol groups is 2. The Bertz CT molecular complexity index is 1010. The maximum atomic E-state index is 6.29. The van der Waals surface area contributed by atoms with Gasteiger partial charge in [-0.25, -0.2) is 0 Å². The van der Waals surface area contributed by atoms with Gasteiger partial charge in [-0.15, -0.1) is 0 Å². The van der Waals surface area contributed by atoms with Gasteiger partial charge in [0.2, 0.25) is 0 Å². The molecule has 0 amide bonds. The molecule has 2 aromatic carbocycles. The first-order valence-corrected chi connectivity index (χ1v) is 10.8. The van der Waals surface area contributed by atoms with Crippen molar-refractivity contribution in [3.05, 3.63) is 59.7 Å². The third-order valence-electron chi connectivity index (χ3n) is 5.28. The topological polar surface area (TPSA) is 83.6 Å². The molecule has 28 heavy (non-hydrogen) atoms. The van der Waals surface area contributed by atoms with E-state index in [-0.39, 0.29) is 12.1 Å². The number of nitrogens with one attached hydrogen (secondary N) is 2. The fraction of sp³-hybridized carbons (Fsp3) is 0.273. The molecule has 0 unspecified atom stereocenters. The Hall–Kier alpha value is -1.86. The zero-order valence-corrected chi connectivity index (χ0v) is 17.4. The van der Waals surface area contributed by atoms with Crippen LogP contribution in [0.5, 0.6) is 0 Å². The first kappa shape index (κ1) is 19.5. The second-order valence-electron chi connectivity index (χ2n) is 7.34. The highest BCUT2D eigenvalue weighted by atomic mass is 32.1. The average molecular weight is 411 g/mol. The van der Waals surface area contributed by atoms with E-state index in [1.165, 1.54) is 21.9 Å². The highest BCUT2D eigenvalue weighted by Gasteiger charge is 2.21. The number of hydrogen-bond acceptors (Lipinski definition) is 4. The molecule has 2 atom stereocenters. The van der Waals surface area contributed by atoms with Gasteiger partial charge in [0.25, 0.3) is 0 Å². The summed E-state index contributed by atoms with van der Waals surface area (Å²) >= 11 is 8.79. The Morgan fingerprint density at radius 2 is 1.07 bits per heavy atom. The summed E-state index contributed by atoms with van der Waals surface area (Å²) < 4.78 is 0. The van der Waals surface area contributed by atoms with Crippen molar-refractivity contribution >= 4 is 47.1 Å². The van der Waals surface area contributed by atoms with E-state index in [9.17, 15) is 0 Å². The summed E-state index contributed by atoms with van der Waals surface area (Å²) in [5, 5.41) is 2.41. The minimum absolute atomic E-state index is 0.00573. The van der Waals surface area contributed by atoms with Crippen LogP contribution in [0.2, 0.25) is 0 Å². The van der Waals surface area contributed by atoms with Crippen LogP contribution in [0.15, 0.2) is 48.5 Å². The van der Waals surface area contributed by atoms with Gasteiger partial charge < -0.3 is 21.4 Å². The quantitative estimate of drug-likeness (QED) is 0.261. The minimum Gasteiger partial charge on any atom is -0.353 e. The number of H-pyrrole nitrogens is 2. The molecular formula is C22H26N4S2. The Labute approximate surface area is 175 Å². The standard InChI is InChI=1S/C22H26N4S2/c23-13(11-27)9-17-15-5-1-3-7-19(15)25-21(17)22-18(10-14(24)12-28)16-6-2-4-8-20(16)26-22/h1-8,13-14,25-28H,9-12,23-24H2/t13-,14-/m1/s1. The number of nitrogens with two attached hydrogens (primary N) is 2. The molecule has 0 saturated heterocycles. The number of hydrogen-bond donors (Lipinski definition) is 6. The van der Waals surface area contributed by atoms with Crippen molar-refractivity contribution in [1.29, 1.82) is 0 Å². The minimum atomic E-state index is -0.00573. The molecule has 0 aliphatic heterocycles.